The van der Waals surface area contributed by atoms with Gasteiger partial charge in [-0.25, -0.2) is 4.79 Å². The zero-order valence-corrected chi connectivity index (χ0v) is 11.3. The molecule has 0 aliphatic carbocycles. The Kier molecular flexibility index (Phi) is 5.17. The molecule has 0 spiro atoms. The van der Waals surface area contributed by atoms with Crippen LogP contribution in [0.1, 0.15) is 17.3 Å². The van der Waals surface area contributed by atoms with E-state index in [2.05, 4.69) is 4.74 Å². The molecule has 1 rings (SSSR count). The Hall–Kier alpha value is -2.24. The minimum absolute atomic E-state index is 0.118. The minimum atomic E-state index is -0.920. The van der Waals surface area contributed by atoms with Crippen molar-refractivity contribution in [3.63, 3.8) is 0 Å². The van der Waals surface area contributed by atoms with E-state index >= 15 is 0 Å². The quantitative estimate of drug-likeness (QED) is 0.442. The monoisotopic (exact) mass is 268 g/mol. The van der Waals surface area contributed by atoms with Crippen LogP contribution in [0.2, 0.25) is 0 Å². The van der Waals surface area contributed by atoms with Crippen LogP contribution in [0, 0.1) is 0 Å². The van der Waals surface area contributed by atoms with Crippen LogP contribution in [0.3, 0.4) is 0 Å². The van der Waals surface area contributed by atoms with E-state index in [1.807, 2.05) is 0 Å². The molecule has 0 saturated carbocycles. The topological polar surface area (TPSA) is 71.1 Å². The van der Waals surface area contributed by atoms with Crippen molar-refractivity contribution in [2.75, 3.05) is 27.9 Å². The lowest BCUT2D eigenvalue weighted by molar-refractivity contribution is -0.137. The number of esters is 1. The van der Waals surface area contributed by atoms with Gasteiger partial charge in [0.2, 0.25) is 5.75 Å². The second kappa shape index (κ2) is 6.63. The highest BCUT2D eigenvalue weighted by molar-refractivity contribution is 6.40. The first-order valence-corrected chi connectivity index (χ1v) is 5.60. The van der Waals surface area contributed by atoms with Gasteiger partial charge in [0.15, 0.2) is 11.5 Å². The molecular weight excluding hydrogens is 252 g/mol. The van der Waals surface area contributed by atoms with E-state index < -0.39 is 11.8 Å². The Morgan fingerprint density at radius 1 is 1.00 bits per heavy atom. The van der Waals surface area contributed by atoms with Gasteiger partial charge >= 0.3 is 5.97 Å². The number of methoxy groups -OCH3 is 3. The van der Waals surface area contributed by atoms with E-state index in [-0.39, 0.29) is 12.2 Å². The zero-order chi connectivity index (χ0) is 14.4. The third-order valence-corrected chi connectivity index (χ3v) is 2.39. The van der Waals surface area contributed by atoms with Crippen molar-refractivity contribution < 1.29 is 28.5 Å². The van der Waals surface area contributed by atoms with Gasteiger partial charge in [-0.1, -0.05) is 0 Å². The van der Waals surface area contributed by atoms with Gasteiger partial charge in [-0.05, 0) is 19.1 Å². The molecule has 0 atom stereocenters. The number of carbonyl (C=O) groups is 2. The van der Waals surface area contributed by atoms with E-state index in [9.17, 15) is 9.59 Å². The van der Waals surface area contributed by atoms with Crippen LogP contribution in [0.25, 0.3) is 0 Å². The van der Waals surface area contributed by atoms with E-state index in [4.69, 9.17) is 14.2 Å². The van der Waals surface area contributed by atoms with Crippen molar-refractivity contribution in [3.05, 3.63) is 17.7 Å². The minimum Gasteiger partial charge on any atom is -0.493 e. The van der Waals surface area contributed by atoms with Crippen LogP contribution in [0.5, 0.6) is 17.2 Å². The summed E-state index contributed by atoms with van der Waals surface area (Å²) in [4.78, 5) is 23.3. The molecule has 6 nitrogen and oxygen atoms in total. The number of ether oxygens (including phenoxy) is 4. The number of benzene rings is 1. The smallest absolute Gasteiger partial charge is 0.379 e. The molecule has 0 heterocycles. The number of carbonyl (C=O) groups excluding carboxylic acids is 2. The molecular formula is C13H16O6. The first-order valence-electron chi connectivity index (χ1n) is 5.60. The van der Waals surface area contributed by atoms with Gasteiger partial charge in [-0.3, -0.25) is 4.79 Å². The van der Waals surface area contributed by atoms with Gasteiger partial charge in [0.05, 0.1) is 27.9 Å². The molecule has 0 fully saturated rings. The van der Waals surface area contributed by atoms with Crippen LogP contribution in [-0.2, 0) is 9.53 Å². The maximum atomic E-state index is 11.8. The van der Waals surface area contributed by atoms with Crippen molar-refractivity contribution in [1.82, 2.24) is 0 Å². The molecule has 0 unspecified atom stereocenters. The fraction of sp³-hybridized carbons (Fsp3) is 0.385. The maximum Gasteiger partial charge on any atom is 0.379 e. The zero-order valence-electron chi connectivity index (χ0n) is 11.3. The lowest BCUT2D eigenvalue weighted by Crippen LogP contribution is -2.17. The van der Waals surface area contributed by atoms with Crippen LogP contribution in [0.15, 0.2) is 12.1 Å². The van der Waals surface area contributed by atoms with Crippen LogP contribution in [-0.4, -0.2) is 39.7 Å². The van der Waals surface area contributed by atoms with E-state index in [0.29, 0.717) is 17.2 Å². The summed E-state index contributed by atoms with van der Waals surface area (Å²) in [5.74, 6) is -0.729. The van der Waals surface area contributed by atoms with Gasteiger partial charge in [0.25, 0.3) is 5.78 Å². The standard InChI is InChI=1S/C13H16O6/c1-5-19-13(15)11(14)8-6-9(16-2)12(18-4)10(7-8)17-3/h6-7H,5H2,1-4H3. The second-order valence-electron chi connectivity index (χ2n) is 3.46. The van der Waals surface area contributed by atoms with Gasteiger partial charge in [0, 0.05) is 5.56 Å². The Morgan fingerprint density at radius 3 is 1.89 bits per heavy atom. The Morgan fingerprint density at radius 2 is 1.53 bits per heavy atom. The first kappa shape index (κ1) is 14.8. The van der Waals surface area contributed by atoms with Crippen LogP contribution >= 0.6 is 0 Å². The summed E-state index contributed by atoms with van der Waals surface area (Å²) in [5.41, 5.74) is 0.118. The summed E-state index contributed by atoms with van der Waals surface area (Å²) in [6, 6.07) is 2.81. The van der Waals surface area contributed by atoms with E-state index in [1.165, 1.54) is 33.5 Å². The highest BCUT2D eigenvalue weighted by Gasteiger charge is 2.22. The van der Waals surface area contributed by atoms with Crippen molar-refractivity contribution >= 4 is 11.8 Å². The number of hydrogen-bond acceptors (Lipinski definition) is 6. The van der Waals surface area contributed by atoms with Gasteiger partial charge in [-0.15, -0.1) is 0 Å². The van der Waals surface area contributed by atoms with Crippen LogP contribution in [0.4, 0.5) is 0 Å². The SMILES string of the molecule is CCOC(=O)C(=O)c1cc(OC)c(OC)c(OC)c1. The number of hydrogen-bond donors (Lipinski definition) is 0. The van der Waals surface area contributed by atoms with Crippen molar-refractivity contribution in [2.45, 2.75) is 6.92 Å². The van der Waals surface area contributed by atoms with Crippen molar-refractivity contribution in [3.8, 4) is 17.2 Å². The normalized spacial score (nSPS) is 9.68. The Balaban J connectivity index is 3.23. The molecule has 0 N–H and O–H groups in total. The molecule has 19 heavy (non-hydrogen) atoms. The number of Topliss-reactive ketones (excluding diaryl/α,β-unsaturated/α-hetero) is 1. The molecule has 1 aromatic rings. The molecule has 0 aromatic heterocycles. The second-order valence-corrected chi connectivity index (χ2v) is 3.46. The summed E-state index contributed by atoms with van der Waals surface area (Å²) in [7, 11) is 4.30. The molecule has 6 heteroatoms. The molecule has 1 aromatic carbocycles. The van der Waals surface area contributed by atoms with Gasteiger partial charge in [0.1, 0.15) is 0 Å². The van der Waals surface area contributed by atoms with E-state index in [1.54, 1.807) is 6.92 Å². The maximum absolute atomic E-state index is 11.8. The summed E-state index contributed by atoms with van der Waals surface area (Å²) < 4.78 is 20.0. The fourth-order valence-electron chi connectivity index (χ4n) is 1.53. The van der Waals surface area contributed by atoms with Crippen LogP contribution < -0.4 is 14.2 Å². The highest BCUT2D eigenvalue weighted by Crippen LogP contribution is 2.38. The number of rotatable bonds is 6. The lowest BCUT2D eigenvalue weighted by atomic mass is 10.1. The summed E-state index contributed by atoms with van der Waals surface area (Å²) in [6.07, 6.45) is 0. The molecule has 0 aliphatic heterocycles. The van der Waals surface area contributed by atoms with Crippen molar-refractivity contribution in [2.24, 2.45) is 0 Å². The third-order valence-electron chi connectivity index (χ3n) is 2.39. The average Bonchev–Trinajstić information content (AvgIpc) is 2.44. The fourth-order valence-corrected chi connectivity index (χ4v) is 1.53. The Labute approximate surface area is 111 Å². The summed E-state index contributed by atoms with van der Waals surface area (Å²) in [5, 5.41) is 0. The Bertz CT molecular complexity index is 455. The lowest BCUT2D eigenvalue weighted by Gasteiger charge is -2.13. The summed E-state index contributed by atoms with van der Waals surface area (Å²) in [6.45, 7) is 1.76. The molecule has 0 amide bonds. The molecule has 0 aliphatic rings. The summed E-state index contributed by atoms with van der Waals surface area (Å²) >= 11 is 0. The van der Waals surface area contributed by atoms with Gasteiger partial charge < -0.3 is 18.9 Å². The first-order chi connectivity index (χ1) is 9.08. The predicted molar refractivity (Wildman–Crippen MR) is 67.1 cm³/mol. The molecule has 0 saturated heterocycles. The highest BCUT2D eigenvalue weighted by atomic mass is 16.5. The largest absolute Gasteiger partial charge is 0.493 e. The third kappa shape index (κ3) is 3.15. The molecule has 104 valence electrons. The average molecular weight is 268 g/mol. The van der Waals surface area contributed by atoms with Crippen molar-refractivity contribution in [1.29, 1.82) is 0 Å². The van der Waals surface area contributed by atoms with E-state index in [0.717, 1.165) is 0 Å². The molecule has 0 bridgehead atoms. The predicted octanol–water partition coefficient (Wildman–Crippen LogP) is 1.46. The van der Waals surface area contributed by atoms with Gasteiger partial charge in [-0.2, -0.15) is 0 Å². The number of ketones is 1. The molecule has 0 radical (unpaired) electrons.